The number of para-hydroxylation sites is 1. The van der Waals surface area contributed by atoms with E-state index in [-0.39, 0.29) is 17.4 Å². The molecule has 1 heterocycles. The molecule has 0 aromatic heterocycles. The second kappa shape index (κ2) is 8.19. The van der Waals surface area contributed by atoms with Gasteiger partial charge in [-0.15, -0.1) is 0 Å². The standard InChI is InChI=1S/C25H32N2O2/c1-19(20-9-5-4-6-10-20)24(28)27-17-21-11-7-8-12-23(21)29-25(18-27)15-13-22(14-16-25)26(2)3/h4-12,19,22H,13-18H2,1-3H3. The van der Waals surface area contributed by atoms with Crippen LogP contribution in [0, 0.1) is 0 Å². The quantitative estimate of drug-likeness (QED) is 0.773. The van der Waals surface area contributed by atoms with E-state index in [0.717, 1.165) is 42.6 Å². The molecule has 4 heteroatoms. The summed E-state index contributed by atoms with van der Waals surface area (Å²) in [5.41, 5.74) is 1.89. The molecule has 1 amide bonds. The molecule has 4 nitrogen and oxygen atoms in total. The van der Waals surface area contributed by atoms with Crippen LogP contribution < -0.4 is 4.74 Å². The van der Waals surface area contributed by atoms with Gasteiger partial charge in [0.15, 0.2) is 0 Å². The van der Waals surface area contributed by atoms with E-state index in [4.69, 9.17) is 4.74 Å². The van der Waals surface area contributed by atoms with E-state index in [2.05, 4.69) is 31.1 Å². The molecule has 1 aliphatic carbocycles. The van der Waals surface area contributed by atoms with Gasteiger partial charge in [0.1, 0.15) is 11.4 Å². The number of hydrogen-bond donors (Lipinski definition) is 0. The lowest BCUT2D eigenvalue weighted by atomic mass is 9.81. The molecule has 2 aromatic carbocycles. The molecule has 0 radical (unpaired) electrons. The molecule has 1 aliphatic heterocycles. The molecule has 1 spiro atoms. The number of ether oxygens (including phenoxy) is 1. The van der Waals surface area contributed by atoms with Crippen molar-refractivity contribution in [1.82, 2.24) is 9.80 Å². The van der Waals surface area contributed by atoms with Crippen LogP contribution in [0.3, 0.4) is 0 Å². The predicted octanol–water partition coefficient (Wildman–Crippen LogP) is 4.45. The van der Waals surface area contributed by atoms with Gasteiger partial charge in [-0.05, 0) is 58.3 Å². The van der Waals surface area contributed by atoms with Crippen LogP contribution in [0.25, 0.3) is 0 Å². The second-order valence-electron chi connectivity index (χ2n) is 8.91. The van der Waals surface area contributed by atoms with Gasteiger partial charge in [0, 0.05) is 18.2 Å². The lowest BCUT2D eigenvalue weighted by molar-refractivity contribution is -0.136. The fourth-order valence-electron chi connectivity index (χ4n) is 4.83. The van der Waals surface area contributed by atoms with E-state index in [1.54, 1.807) is 0 Å². The maximum Gasteiger partial charge on any atom is 0.230 e. The first-order chi connectivity index (χ1) is 14.0. The van der Waals surface area contributed by atoms with Crippen LogP contribution in [0.1, 0.15) is 49.7 Å². The van der Waals surface area contributed by atoms with E-state index in [0.29, 0.717) is 19.1 Å². The molecule has 1 unspecified atom stereocenters. The Hall–Kier alpha value is -2.33. The van der Waals surface area contributed by atoms with Gasteiger partial charge in [-0.2, -0.15) is 0 Å². The molecule has 0 bridgehead atoms. The minimum atomic E-state index is -0.287. The molecule has 0 saturated heterocycles. The molecule has 1 atom stereocenters. The summed E-state index contributed by atoms with van der Waals surface area (Å²) >= 11 is 0. The predicted molar refractivity (Wildman–Crippen MR) is 116 cm³/mol. The summed E-state index contributed by atoms with van der Waals surface area (Å²) in [5, 5.41) is 0. The van der Waals surface area contributed by atoms with Gasteiger partial charge in [-0.3, -0.25) is 4.79 Å². The highest BCUT2D eigenvalue weighted by atomic mass is 16.5. The van der Waals surface area contributed by atoms with Gasteiger partial charge in [0.05, 0.1) is 12.5 Å². The maximum absolute atomic E-state index is 13.5. The smallest absolute Gasteiger partial charge is 0.230 e. The van der Waals surface area contributed by atoms with Crippen LogP contribution >= 0.6 is 0 Å². The van der Waals surface area contributed by atoms with Crippen molar-refractivity contribution in [1.29, 1.82) is 0 Å². The Morgan fingerprint density at radius 2 is 1.72 bits per heavy atom. The van der Waals surface area contributed by atoms with Crippen LogP contribution in [0.15, 0.2) is 54.6 Å². The number of carbonyl (C=O) groups excluding carboxylic acids is 1. The summed E-state index contributed by atoms with van der Waals surface area (Å²) in [4.78, 5) is 17.9. The van der Waals surface area contributed by atoms with Crippen molar-refractivity contribution >= 4 is 5.91 Å². The average Bonchev–Trinajstić information content (AvgIpc) is 2.90. The van der Waals surface area contributed by atoms with E-state index >= 15 is 0 Å². The highest BCUT2D eigenvalue weighted by Crippen LogP contribution is 2.39. The Kier molecular flexibility index (Phi) is 5.64. The number of benzene rings is 2. The molecule has 29 heavy (non-hydrogen) atoms. The largest absolute Gasteiger partial charge is 0.485 e. The summed E-state index contributed by atoms with van der Waals surface area (Å²) in [7, 11) is 4.31. The van der Waals surface area contributed by atoms with Crippen LogP contribution in [-0.2, 0) is 11.3 Å². The van der Waals surface area contributed by atoms with Crippen molar-refractivity contribution in [2.24, 2.45) is 0 Å². The van der Waals surface area contributed by atoms with E-state index in [1.165, 1.54) is 0 Å². The topological polar surface area (TPSA) is 32.8 Å². The summed E-state index contributed by atoms with van der Waals surface area (Å²) in [6, 6.07) is 18.9. The van der Waals surface area contributed by atoms with E-state index in [9.17, 15) is 4.79 Å². The first kappa shape index (κ1) is 20.0. The zero-order valence-corrected chi connectivity index (χ0v) is 17.8. The number of rotatable bonds is 3. The summed E-state index contributed by atoms with van der Waals surface area (Å²) < 4.78 is 6.67. The molecular formula is C25H32N2O2. The molecule has 2 aromatic rings. The van der Waals surface area contributed by atoms with Crippen LogP contribution in [-0.4, -0.2) is 48.0 Å². The van der Waals surface area contributed by atoms with Gasteiger partial charge in [-0.1, -0.05) is 48.5 Å². The number of hydrogen-bond acceptors (Lipinski definition) is 3. The molecule has 1 saturated carbocycles. The number of nitrogens with zero attached hydrogens (tertiary/aromatic N) is 2. The average molecular weight is 393 g/mol. The zero-order valence-electron chi connectivity index (χ0n) is 17.8. The second-order valence-corrected chi connectivity index (χ2v) is 8.91. The van der Waals surface area contributed by atoms with Crippen molar-refractivity contribution in [3.05, 3.63) is 65.7 Å². The Morgan fingerprint density at radius 1 is 1.07 bits per heavy atom. The van der Waals surface area contributed by atoms with Crippen molar-refractivity contribution in [3.8, 4) is 5.75 Å². The molecule has 4 rings (SSSR count). The van der Waals surface area contributed by atoms with Gasteiger partial charge >= 0.3 is 0 Å². The third kappa shape index (κ3) is 4.18. The van der Waals surface area contributed by atoms with Gasteiger partial charge in [0.2, 0.25) is 5.91 Å². The Balaban J connectivity index is 1.61. The van der Waals surface area contributed by atoms with Crippen LogP contribution in [0.2, 0.25) is 0 Å². The highest BCUT2D eigenvalue weighted by molar-refractivity contribution is 5.83. The lowest BCUT2D eigenvalue weighted by Crippen LogP contribution is -2.52. The number of fused-ring (bicyclic) bond motifs is 1. The zero-order chi connectivity index (χ0) is 20.4. The fraction of sp³-hybridized carbons (Fsp3) is 0.480. The molecule has 2 aliphatic rings. The molecule has 154 valence electrons. The number of carbonyl (C=O) groups is 1. The lowest BCUT2D eigenvalue weighted by Gasteiger charge is -2.43. The van der Waals surface area contributed by atoms with Crippen LogP contribution in [0.5, 0.6) is 5.75 Å². The monoisotopic (exact) mass is 392 g/mol. The molecule has 0 N–H and O–H groups in total. The van der Waals surface area contributed by atoms with E-state index < -0.39 is 0 Å². The highest BCUT2D eigenvalue weighted by Gasteiger charge is 2.43. The summed E-state index contributed by atoms with van der Waals surface area (Å²) in [6.45, 7) is 3.30. The van der Waals surface area contributed by atoms with Gasteiger partial charge in [-0.25, -0.2) is 0 Å². The minimum absolute atomic E-state index is 0.156. The number of amides is 1. The van der Waals surface area contributed by atoms with Crippen molar-refractivity contribution < 1.29 is 9.53 Å². The van der Waals surface area contributed by atoms with Gasteiger partial charge in [0.25, 0.3) is 0 Å². The van der Waals surface area contributed by atoms with E-state index in [1.807, 2.05) is 54.3 Å². The fourth-order valence-corrected chi connectivity index (χ4v) is 4.83. The molecule has 1 fully saturated rings. The Morgan fingerprint density at radius 3 is 2.41 bits per heavy atom. The first-order valence-electron chi connectivity index (χ1n) is 10.7. The van der Waals surface area contributed by atoms with Crippen LogP contribution in [0.4, 0.5) is 0 Å². The van der Waals surface area contributed by atoms with Crippen molar-refractivity contribution in [2.45, 2.75) is 56.7 Å². The third-order valence-electron chi connectivity index (χ3n) is 6.72. The van der Waals surface area contributed by atoms with Gasteiger partial charge < -0.3 is 14.5 Å². The normalized spacial score (nSPS) is 25.2. The minimum Gasteiger partial charge on any atom is -0.485 e. The summed E-state index contributed by atoms with van der Waals surface area (Å²) in [6.07, 6.45) is 4.16. The maximum atomic E-state index is 13.5. The molecular weight excluding hydrogens is 360 g/mol. The SMILES string of the molecule is CC(C(=O)N1Cc2ccccc2OC2(CCC(N(C)C)CC2)C1)c1ccccc1. The summed E-state index contributed by atoms with van der Waals surface area (Å²) in [5.74, 6) is 0.973. The van der Waals surface area contributed by atoms with Crippen molar-refractivity contribution in [2.75, 3.05) is 20.6 Å². The van der Waals surface area contributed by atoms with Crippen molar-refractivity contribution in [3.63, 3.8) is 0 Å². The first-order valence-corrected chi connectivity index (χ1v) is 10.7. The Bertz CT molecular complexity index is 841. The Labute approximate surface area is 174 Å². The third-order valence-corrected chi connectivity index (χ3v) is 6.72.